The third-order valence-electron chi connectivity index (χ3n) is 8.92. The lowest BCUT2D eigenvalue weighted by Gasteiger charge is -2.26. The Morgan fingerprint density at radius 2 is 1.91 bits per heavy atom. The third kappa shape index (κ3) is 8.71. The van der Waals surface area contributed by atoms with Crippen LogP contribution < -0.4 is 15.8 Å². The normalized spacial score (nSPS) is 18.7. The molecule has 45 heavy (non-hydrogen) atoms. The van der Waals surface area contributed by atoms with Crippen molar-refractivity contribution in [2.75, 3.05) is 31.1 Å². The van der Waals surface area contributed by atoms with Crippen LogP contribution in [-0.4, -0.2) is 47.8 Å². The number of alkyl halides is 3. The second-order valence-corrected chi connectivity index (χ2v) is 13.0. The van der Waals surface area contributed by atoms with Crippen molar-refractivity contribution in [1.29, 1.82) is 0 Å². The molecule has 1 aliphatic carbocycles. The Morgan fingerprint density at radius 1 is 1.16 bits per heavy atom. The summed E-state index contributed by atoms with van der Waals surface area (Å²) in [6.07, 6.45) is 3.70. The first-order valence-corrected chi connectivity index (χ1v) is 16.4. The predicted molar refractivity (Wildman–Crippen MR) is 175 cm³/mol. The molecular formula is C34H44F3N5O2S. The molecule has 1 saturated carbocycles. The van der Waals surface area contributed by atoms with Crippen molar-refractivity contribution in [2.24, 2.45) is 22.7 Å². The Bertz CT molecular complexity index is 1410. The van der Waals surface area contributed by atoms with Gasteiger partial charge in [0.15, 0.2) is 0 Å². The number of likely N-dealkylation sites (tertiary alicyclic amines) is 1. The third-order valence-corrected chi connectivity index (χ3v) is 9.43. The van der Waals surface area contributed by atoms with Crippen molar-refractivity contribution in [1.82, 2.24) is 9.80 Å². The number of fused-ring (bicyclic) bond motifs is 1. The van der Waals surface area contributed by atoms with Crippen molar-refractivity contribution in [2.45, 2.75) is 65.2 Å². The van der Waals surface area contributed by atoms with E-state index in [1.807, 2.05) is 38.1 Å². The molecule has 0 aromatic heterocycles. The highest BCUT2D eigenvalue weighted by Gasteiger charge is 2.41. The number of allylic oxidation sites excluding steroid dienone is 1. The van der Waals surface area contributed by atoms with Gasteiger partial charge in [0, 0.05) is 48.5 Å². The highest BCUT2D eigenvalue weighted by molar-refractivity contribution is 8.00. The lowest BCUT2D eigenvalue weighted by atomic mass is 9.81. The molecule has 244 valence electrons. The minimum atomic E-state index is -4.55. The zero-order chi connectivity index (χ0) is 32.7. The van der Waals surface area contributed by atoms with Gasteiger partial charge in [-0.1, -0.05) is 49.9 Å². The molecule has 11 heteroatoms. The van der Waals surface area contributed by atoms with Gasteiger partial charge in [-0.3, -0.25) is 19.6 Å². The van der Waals surface area contributed by atoms with Crippen molar-refractivity contribution in [3.8, 4) is 0 Å². The molecule has 2 aromatic carbocycles. The van der Waals surface area contributed by atoms with Gasteiger partial charge in [-0.25, -0.2) is 0 Å². The van der Waals surface area contributed by atoms with Crippen LogP contribution in [0, 0.1) is 11.8 Å². The first-order valence-electron chi connectivity index (χ1n) is 15.5. The summed E-state index contributed by atoms with van der Waals surface area (Å²) in [6.45, 7) is 10.2. The van der Waals surface area contributed by atoms with E-state index in [9.17, 15) is 22.8 Å². The fourth-order valence-corrected chi connectivity index (χ4v) is 6.30. The summed E-state index contributed by atoms with van der Waals surface area (Å²) in [5.41, 5.74) is 6.77. The molecule has 2 fully saturated rings. The van der Waals surface area contributed by atoms with Gasteiger partial charge < -0.3 is 15.5 Å². The molecule has 0 spiro atoms. The average Bonchev–Trinajstić information content (AvgIpc) is 3.59. The topological polar surface area (TPSA) is 95.9 Å². The number of likely N-dealkylation sites (N-methyl/N-ethyl adjacent to an activating group) is 1. The molecule has 3 aliphatic rings. The van der Waals surface area contributed by atoms with E-state index in [2.05, 4.69) is 11.5 Å². The van der Waals surface area contributed by atoms with E-state index >= 15 is 0 Å². The second kappa shape index (κ2) is 15.3. The number of nitrogens with zero attached hydrogens (tertiary/aromatic N) is 3. The summed E-state index contributed by atoms with van der Waals surface area (Å²) in [5.74, 6) is 0.415. The van der Waals surface area contributed by atoms with Crippen molar-refractivity contribution in [3.05, 3.63) is 88.0 Å². The van der Waals surface area contributed by atoms with Crippen LogP contribution in [0.4, 0.5) is 18.9 Å². The number of benzene rings is 2. The van der Waals surface area contributed by atoms with Gasteiger partial charge in [-0.2, -0.15) is 13.2 Å². The quantitative estimate of drug-likeness (QED) is 0.227. The molecule has 2 aromatic rings. The van der Waals surface area contributed by atoms with E-state index < -0.39 is 11.7 Å². The number of hydrogen-bond acceptors (Lipinski definition) is 6. The zero-order valence-electron chi connectivity index (χ0n) is 26.1. The van der Waals surface area contributed by atoms with E-state index in [1.165, 1.54) is 42.5 Å². The molecule has 0 radical (unpaired) electrons. The molecule has 0 bridgehead atoms. The highest BCUT2D eigenvalue weighted by Crippen LogP contribution is 2.40. The summed E-state index contributed by atoms with van der Waals surface area (Å²) in [7, 11) is 0. The molecule has 1 atom stereocenters. The van der Waals surface area contributed by atoms with E-state index in [-0.39, 0.29) is 35.4 Å². The van der Waals surface area contributed by atoms with Crippen LogP contribution in [-0.2, 0) is 30.5 Å². The van der Waals surface area contributed by atoms with Crippen LogP contribution in [0.1, 0.15) is 72.1 Å². The van der Waals surface area contributed by atoms with Crippen LogP contribution in [0.3, 0.4) is 0 Å². The maximum Gasteiger partial charge on any atom is 0.416 e. The molecule has 1 saturated heterocycles. The van der Waals surface area contributed by atoms with E-state index in [0.29, 0.717) is 43.3 Å². The molecule has 5 rings (SSSR count). The van der Waals surface area contributed by atoms with E-state index in [0.717, 1.165) is 41.8 Å². The van der Waals surface area contributed by atoms with Crippen molar-refractivity contribution >= 4 is 29.4 Å². The number of carbonyl (C=O) groups excluding carboxylic acids is 2. The van der Waals surface area contributed by atoms with Crippen molar-refractivity contribution in [3.63, 3.8) is 0 Å². The summed E-state index contributed by atoms with van der Waals surface area (Å²) in [4.78, 5) is 31.8. The lowest BCUT2D eigenvalue weighted by Crippen LogP contribution is -2.35. The number of anilines is 1. The van der Waals surface area contributed by atoms with Gasteiger partial charge in [0.05, 0.1) is 12.1 Å². The minimum absolute atomic E-state index is 0.0569. The van der Waals surface area contributed by atoms with Crippen LogP contribution in [0.15, 0.2) is 60.2 Å². The van der Waals surface area contributed by atoms with Crippen molar-refractivity contribution < 1.29 is 22.8 Å². The second-order valence-electron chi connectivity index (χ2n) is 12.1. The van der Waals surface area contributed by atoms with E-state index in [1.54, 1.807) is 11.0 Å². The number of carbonyl (C=O) groups is 2. The van der Waals surface area contributed by atoms with Gasteiger partial charge in [-0.15, -0.1) is 0 Å². The fourth-order valence-electron chi connectivity index (χ4n) is 6.22. The Kier molecular flexibility index (Phi) is 11.8. The molecular weight excluding hydrogens is 599 g/mol. The number of halogens is 3. The number of rotatable bonds is 10. The zero-order valence-corrected chi connectivity index (χ0v) is 26.9. The van der Waals surface area contributed by atoms with Gasteiger partial charge in [0.1, 0.15) is 0 Å². The first-order chi connectivity index (χ1) is 21.5. The van der Waals surface area contributed by atoms with Gasteiger partial charge in [0.25, 0.3) is 5.91 Å². The number of nitrogens with two attached hydrogens (primary N) is 2. The SMILES string of the molecule is C/C(=C/N)SN.C=CC(=O)N(CC)CC1CCN(Cc2cc3c(c(C(F)(F)F)c2)CN(c2cccc(CC4CCC4)c2)C3=O)C1. The summed E-state index contributed by atoms with van der Waals surface area (Å²) in [5, 5.41) is 5.05. The maximum absolute atomic E-state index is 14.2. The van der Waals surface area contributed by atoms with Gasteiger partial charge in [0.2, 0.25) is 5.91 Å². The van der Waals surface area contributed by atoms with Crippen LogP contribution in [0.25, 0.3) is 0 Å². The smallest absolute Gasteiger partial charge is 0.404 e. The Morgan fingerprint density at radius 3 is 2.49 bits per heavy atom. The van der Waals surface area contributed by atoms with Crippen LogP contribution in [0.2, 0.25) is 0 Å². The van der Waals surface area contributed by atoms with Crippen LogP contribution >= 0.6 is 11.9 Å². The Labute approximate surface area is 268 Å². The largest absolute Gasteiger partial charge is 0.416 e. The molecule has 2 aliphatic heterocycles. The molecule has 2 amide bonds. The molecule has 4 N–H and O–H groups in total. The summed E-state index contributed by atoms with van der Waals surface area (Å²) < 4.78 is 42.6. The van der Waals surface area contributed by atoms with E-state index in [4.69, 9.17) is 10.9 Å². The molecule has 7 nitrogen and oxygen atoms in total. The Hall–Kier alpha value is -3.28. The minimum Gasteiger partial charge on any atom is -0.404 e. The predicted octanol–water partition coefficient (Wildman–Crippen LogP) is 6.48. The molecule has 1 unspecified atom stereocenters. The fraction of sp³-hybridized carbons (Fsp3) is 0.471. The summed E-state index contributed by atoms with van der Waals surface area (Å²) >= 11 is 1.16. The molecule has 2 heterocycles. The number of amides is 2. The standard InChI is InChI=1S/C31H36F3N3O2.C3H8N2S/c1-3-29(38)36(4-2)19-23-11-12-35(17-23)18-24-15-26-27(28(16-24)31(32,33)34)20-37(30(26)39)25-10-6-9-22(14-25)13-21-7-5-8-21;1-3(2-4)6-5/h3,6,9-10,14-16,21,23H,1,4-5,7-8,11-13,17-20H2,2H3;2H,4-5H2,1H3/b;3-2-. The Balaban J connectivity index is 0.000000700. The van der Waals surface area contributed by atoms with Gasteiger partial charge >= 0.3 is 6.18 Å². The van der Waals surface area contributed by atoms with Crippen LogP contribution in [0.5, 0.6) is 0 Å². The number of hydrogen-bond donors (Lipinski definition) is 2. The highest BCUT2D eigenvalue weighted by atomic mass is 32.2. The maximum atomic E-state index is 14.2. The summed E-state index contributed by atoms with van der Waals surface area (Å²) in [6, 6.07) is 10.6. The average molecular weight is 644 g/mol. The van der Waals surface area contributed by atoms with Gasteiger partial charge in [-0.05, 0) is 92.1 Å². The first kappa shape index (κ1) is 34.6. The lowest BCUT2D eigenvalue weighted by molar-refractivity contribution is -0.138. The monoisotopic (exact) mass is 643 g/mol.